The molecule has 0 saturated carbocycles. The highest BCUT2D eigenvalue weighted by Crippen LogP contribution is 1.87. The summed E-state index contributed by atoms with van der Waals surface area (Å²) in [6.45, 7) is 2.19. The van der Waals surface area contributed by atoms with Crippen molar-refractivity contribution < 1.29 is 4.79 Å². The first kappa shape index (κ1) is 12.4. The molecule has 4 nitrogen and oxygen atoms in total. The summed E-state index contributed by atoms with van der Waals surface area (Å²) < 4.78 is 0. The van der Waals surface area contributed by atoms with Crippen molar-refractivity contribution in [3.05, 3.63) is 0 Å². The lowest BCUT2D eigenvalue weighted by Gasteiger charge is -2.21. The van der Waals surface area contributed by atoms with Gasteiger partial charge in [0.2, 0.25) is 5.91 Å². The van der Waals surface area contributed by atoms with Crippen molar-refractivity contribution in [1.82, 2.24) is 14.7 Å². The van der Waals surface area contributed by atoms with Crippen LogP contribution in [0.5, 0.6) is 0 Å². The standard InChI is InChI=1S/C9H21N3O/c1-10(2)6-7-12(5)9(13)8-11(3)4/h6-8H2,1-5H3. The molecular weight excluding hydrogens is 166 g/mol. The van der Waals surface area contributed by atoms with Crippen LogP contribution in [-0.2, 0) is 4.79 Å². The molecule has 0 spiro atoms. The molecule has 0 aromatic carbocycles. The van der Waals surface area contributed by atoms with Crippen molar-refractivity contribution in [2.45, 2.75) is 0 Å². The largest absolute Gasteiger partial charge is 0.343 e. The number of hydrogen-bond acceptors (Lipinski definition) is 3. The number of nitrogens with zero attached hydrogens (tertiary/aromatic N) is 3. The highest BCUT2D eigenvalue weighted by Gasteiger charge is 2.08. The van der Waals surface area contributed by atoms with E-state index in [0.717, 1.165) is 13.1 Å². The summed E-state index contributed by atoms with van der Waals surface area (Å²) >= 11 is 0. The predicted octanol–water partition coefficient (Wildman–Crippen LogP) is -0.432. The number of likely N-dealkylation sites (N-methyl/N-ethyl adjacent to an activating group) is 3. The van der Waals surface area contributed by atoms with Crippen LogP contribution in [0.3, 0.4) is 0 Å². The summed E-state index contributed by atoms with van der Waals surface area (Å²) in [7, 11) is 9.65. The Morgan fingerprint density at radius 2 is 1.46 bits per heavy atom. The molecule has 4 heteroatoms. The van der Waals surface area contributed by atoms with Gasteiger partial charge in [0, 0.05) is 20.1 Å². The van der Waals surface area contributed by atoms with E-state index in [1.54, 1.807) is 4.90 Å². The molecule has 0 saturated heterocycles. The zero-order chi connectivity index (χ0) is 10.4. The van der Waals surface area contributed by atoms with Crippen LogP contribution in [0.4, 0.5) is 0 Å². The van der Waals surface area contributed by atoms with Gasteiger partial charge < -0.3 is 14.7 Å². The number of carbonyl (C=O) groups excluding carboxylic acids is 1. The smallest absolute Gasteiger partial charge is 0.236 e. The van der Waals surface area contributed by atoms with Crippen molar-refractivity contribution >= 4 is 5.91 Å². The Kier molecular flexibility index (Phi) is 5.66. The SMILES string of the molecule is CN(C)CCN(C)C(=O)CN(C)C. The molecule has 0 bridgehead atoms. The second-order valence-electron chi connectivity index (χ2n) is 3.86. The molecule has 0 N–H and O–H groups in total. The first-order valence-electron chi connectivity index (χ1n) is 4.47. The maximum atomic E-state index is 11.4. The normalized spacial score (nSPS) is 11.0. The van der Waals surface area contributed by atoms with E-state index in [2.05, 4.69) is 4.90 Å². The molecule has 0 heterocycles. The van der Waals surface area contributed by atoms with E-state index in [-0.39, 0.29) is 5.91 Å². The van der Waals surface area contributed by atoms with Crippen LogP contribution in [0.25, 0.3) is 0 Å². The van der Waals surface area contributed by atoms with Crippen LogP contribution >= 0.6 is 0 Å². The van der Waals surface area contributed by atoms with Crippen molar-refractivity contribution in [1.29, 1.82) is 0 Å². The minimum absolute atomic E-state index is 0.173. The molecule has 0 atom stereocenters. The Balaban J connectivity index is 3.69. The van der Waals surface area contributed by atoms with E-state index in [1.807, 2.05) is 40.1 Å². The summed E-state index contributed by atoms with van der Waals surface area (Å²) in [5.41, 5.74) is 0. The van der Waals surface area contributed by atoms with Crippen LogP contribution in [0.15, 0.2) is 0 Å². The van der Waals surface area contributed by atoms with Crippen LogP contribution in [0, 0.1) is 0 Å². The summed E-state index contributed by atoms with van der Waals surface area (Å²) in [5.74, 6) is 0.173. The van der Waals surface area contributed by atoms with Gasteiger partial charge in [-0.25, -0.2) is 0 Å². The fourth-order valence-corrected chi connectivity index (χ4v) is 0.866. The average molecular weight is 187 g/mol. The molecule has 78 valence electrons. The third kappa shape index (κ3) is 6.54. The van der Waals surface area contributed by atoms with Gasteiger partial charge in [-0.3, -0.25) is 4.79 Å². The maximum absolute atomic E-state index is 11.4. The minimum Gasteiger partial charge on any atom is -0.343 e. The quantitative estimate of drug-likeness (QED) is 0.584. The molecule has 0 aliphatic heterocycles. The number of hydrogen-bond donors (Lipinski definition) is 0. The van der Waals surface area contributed by atoms with E-state index >= 15 is 0 Å². The number of amides is 1. The highest BCUT2D eigenvalue weighted by atomic mass is 16.2. The molecule has 0 unspecified atom stereocenters. The Morgan fingerprint density at radius 3 is 1.85 bits per heavy atom. The molecule has 13 heavy (non-hydrogen) atoms. The summed E-state index contributed by atoms with van der Waals surface area (Å²) in [6.07, 6.45) is 0. The lowest BCUT2D eigenvalue weighted by molar-refractivity contribution is -0.130. The maximum Gasteiger partial charge on any atom is 0.236 e. The predicted molar refractivity (Wildman–Crippen MR) is 54.7 cm³/mol. The first-order valence-corrected chi connectivity index (χ1v) is 4.47. The van der Waals surface area contributed by atoms with Crippen molar-refractivity contribution in [2.75, 3.05) is 54.9 Å². The summed E-state index contributed by atoms with van der Waals surface area (Å²) in [4.78, 5) is 17.1. The number of carbonyl (C=O) groups is 1. The number of rotatable bonds is 5. The molecule has 0 aromatic heterocycles. The second kappa shape index (κ2) is 5.94. The van der Waals surface area contributed by atoms with E-state index in [4.69, 9.17) is 0 Å². The Hall–Kier alpha value is -0.610. The van der Waals surface area contributed by atoms with Crippen molar-refractivity contribution in [3.8, 4) is 0 Å². The van der Waals surface area contributed by atoms with Crippen LogP contribution < -0.4 is 0 Å². The fourth-order valence-electron chi connectivity index (χ4n) is 0.866. The molecule has 0 aliphatic rings. The van der Waals surface area contributed by atoms with Gasteiger partial charge in [0.25, 0.3) is 0 Å². The van der Waals surface area contributed by atoms with Crippen LogP contribution in [0.2, 0.25) is 0 Å². The molecule has 1 amide bonds. The molecule has 0 radical (unpaired) electrons. The monoisotopic (exact) mass is 187 g/mol. The molecular formula is C9H21N3O. The zero-order valence-electron chi connectivity index (χ0n) is 9.37. The van der Waals surface area contributed by atoms with Crippen molar-refractivity contribution in [2.24, 2.45) is 0 Å². The first-order chi connectivity index (χ1) is 5.93. The van der Waals surface area contributed by atoms with Gasteiger partial charge in [0.1, 0.15) is 0 Å². The Morgan fingerprint density at radius 1 is 0.923 bits per heavy atom. The lowest BCUT2D eigenvalue weighted by Crippen LogP contribution is -2.38. The molecule has 0 aromatic rings. The molecule has 0 rings (SSSR count). The molecule has 0 fully saturated rings. The van der Waals surface area contributed by atoms with Crippen molar-refractivity contribution in [3.63, 3.8) is 0 Å². The fraction of sp³-hybridized carbons (Fsp3) is 0.889. The van der Waals surface area contributed by atoms with Gasteiger partial charge in [-0.15, -0.1) is 0 Å². The average Bonchev–Trinajstić information content (AvgIpc) is 1.98. The van der Waals surface area contributed by atoms with Crippen LogP contribution in [0.1, 0.15) is 0 Å². The topological polar surface area (TPSA) is 26.8 Å². The van der Waals surface area contributed by atoms with E-state index in [0.29, 0.717) is 6.54 Å². The second-order valence-corrected chi connectivity index (χ2v) is 3.86. The molecule has 0 aliphatic carbocycles. The van der Waals surface area contributed by atoms with Gasteiger partial charge in [0.15, 0.2) is 0 Å². The Labute approximate surface area is 81.1 Å². The Bertz CT molecular complexity index is 157. The van der Waals surface area contributed by atoms with Gasteiger partial charge in [-0.2, -0.15) is 0 Å². The van der Waals surface area contributed by atoms with E-state index in [9.17, 15) is 4.79 Å². The van der Waals surface area contributed by atoms with Gasteiger partial charge >= 0.3 is 0 Å². The van der Waals surface area contributed by atoms with Gasteiger partial charge in [0.05, 0.1) is 6.54 Å². The zero-order valence-corrected chi connectivity index (χ0v) is 9.37. The van der Waals surface area contributed by atoms with Gasteiger partial charge in [-0.1, -0.05) is 0 Å². The van der Waals surface area contributed by atoms with Gasteiger partial charge in [-0.05, 0) is 28.2 Å². The minimum atomic E-state index is 0.173. The third-order valence-corrected chi connectivity index (χ3v) is 1.76. The third-order valence-electron chi connectivity index (χ3n) is 1.76. The highest BCUT2D eigenvalue weighted by molar-refractivity contribution is 5.77. The lowest BCUT2D eigenvalue weighted by atomic mass is 10.4. The van der Waals surface area contributed by atoms with Crippen LogP contribution in [-0.4, -0.2) is 75.5 Å². The summed E-state index contributed by atoms with van der Waals surface area (Å²) in [6, 6.07) is 0. The summed E-state index contributed by atoms with van der Waals surface area (Å²) in [5, 5.41) is 0. The van der Waals surface area contributed by atoms with E-state index < -0.39 is 0 Å². The van der Waals surface area contributed by atoms with E-state index in [1.165, 1.54) is 0 Å².